The zero-order valence-corrected chi connectivity index (χ0v) is 11.4. The molecule has 18 heavy (non-hydrogen) atoms. The third-order valence-electron chi connectivity index (χ3n) is 2.65. The van der Waals surface area contributed by atoms with Gasteiger partial charge in [-0.2, -0.15) is 16.9 Å². The van der Waals surface area contributed by atoms with Gasteiger partial charge in [-0.05, 0) is 49.1 Å². The summed E-state index contributed by atoms with van der Waals surface area (Å²) in [5, 5.41) is 7.52. The van der Waals surface area contributed by atoms with Crippen LogP contribution in [-0.2, 0) is 0 Å². The fourth-order valence-corrected chi connectivity index (χ4v) is 2.17. The van der Waals surface area contributed by atoms with Gasteiger partial charge in [0.05, 0.1) is 5.69 Å². The summed E-state index contributed by atoms with van der Waals surface area (Å²) in [6.07, 6.45) is 7.87. The van der Waals surface area contributed by atoms with Crippen molar-refractivity contribution in [2.45, 2.75) is 12.8 Å². The van der Waals surface area contributed by atoms with Crippen LogP contribution in [0.1, 0.15) is 12.8 Å². The van der Waals surface area contributed by atoms with Gasteiger partial charge in [-0.15, -0.1) is 0 Å². The number of nitrogens with one attached hydrogen (secondary N) is 1. The van der Waals surface area contributed by atoms with E-state index in [1.165, 1.54) is 24.9 Å². The van der Waals surface area contributed by atoms with Crippen molar-refractivity contribution in [1.29, 1.82) is 0 Å². The normalized spacial score (nSPS) is 10.5. The van der Waals surface area contributed by atoms with E-state index in [1.807, 2.05) is 23.9 Å². The first-order valence-electron chi connectivity index (χ1n) is 6.08. The zero-order valence-electron chi connectivity index (χ0n) is 10.5. The molecule has 0 unspecified atom stereocenters. The van der Waals surface area contributed by atoms with Gasteiger partial charge in [0, 0.05) is 12.2 Å². The molecule has 0 fully saturated rings. The topological polar surface area (TPSA) is 42.7 Å². The van der Waals surface area contributed by atoms with Crippen LogP contribution in [0.4, 0.5) is 5.69 Å². The van der Waals surface area contributed by atoms with Crippen molar-refractivity contribution in [2.75, 3.05) is 23.9 Å². The van der Waals surface area contributed by atoms with Crippen LogP contribution in [0.3, 0.4) is 0 Å². The number of thioether (sulfide) groups is 1. The summed E-state index contributed by atoms with van der Waals surface area (Å²) in [5.41, 5.74) is 2.18. The minimum Gasteiger partial charge on any atom is -0.385 e. The van der Waals surface area contributed by atoms with E-state index in [9.17, 15) is 0 Å². The summed E-state index contributed by atoms with van der Waals surface area (Å²) in [4.78, 5) is 3.93. The first-order valence-corrected chi connectivity index (χ1v) is 7.47. The minimum absolute atomic E-state index is 1.03. The van der Waals surface area contributed by atoms with Crippen LogP contribution in [0.2, 0.25) is 0 Å². The predicted octanol–water partition coefficient (Wildman–Crippen LogP) is 2.82. The summed E-state index contributed by atoms with van der Waals surface area (Å²) in [6, 6.07) is 8.23. The molecule has 1 aromatic carbocycles. The van der Waals surface area contributed by atoms with Crippen molar-refractivity contribution in [3.05, 3.63) is 36.9 Å². The van der Waals surface area contributed by atoms with Gasteiger partial charge >= 0.3 is 0 Å². The average molecular weight is 262 g/mol. The second-order valence-corrected chi connectivity index (χ2v) is 5.00. The van der Waals surface area contributed by atoms with Crippen LogP contribution in [0.5, 0.6) is 0 Å². The largest absolute Gasteiger partial charge is 0.385 e. The SMILES string of the molecule is CSCCCCNc1ccc(-n2cncn2)cc1. The van der Waals surface area contributed by atoms with Crippen LogP contribution < -0.4 is 5.32 Å². The van der Waals surface area contributed by atoms with Crippen molar-refractivity contribution in [1.82, 2.24) is 14.8 Å². The maximum atomic E-state index is 4.09. The molecule has 2 rings (SSSR count). The molecule has 0 saturated carbocycles. The molecular formula is C13H18N4S. The summed E-state index contributed by atoms with van der Waals surface area (Å²) >= 11 is 1.90. The maximum Gasteiger partial charge on any atom is 0.138 e. The van der Waals surface area contributed by atoms with E-state index in [-0.39, 0.29) is 0 Å². The number of rotatable bonds is 7. The number of nitrogens with zero attached hydrogens (tertiary/aromatic N) is 3. The van der Waals surface area contributed by atoms with Crippen molar-refractivity contribution >= 4 is 17.4 Å². The number of aromatic nitrogens is 3. The number of unbranched alkanes of at least 4 members (excludes halogenated alkanes) is 1. The van der Waals surface area contributed by atoms with Crippen molar-refractivity contribution in [3.63, 3.8) is 0 Å². The molecule has 2 aromatic rings. The lowest BCUT2D eigenvalue weighted by atomic mass is 10.2. The van der Waals surface area contributed by atoms with Gasteiger partial charge in [0.25, 0.3) is 0 Å². The number of benzene rings is 1. The van der Waals surface area contributed by atoms with E-state index in [4.69, 9.17) is 0 Å². The molecule has 0 amide bonds. The highest BCUT2D eigenvalue weighted by Crippen LogP contribution is 2.12. The number of hydrogen-bond donors (Lipinski definition) is 1. The van der Waals surface area contributed by atoms with E-state index in [1.54, 1.807) is 11.0 Å². The van der Waals surface area contributed by atoms with E-state index in [2.05, 4.69) is 33.8 Å². The maximum absolute atomic E-state index is 4.09. The first-order chi connectivity index (χ1) is 8.90. The average Bonchev–Trinajstić information content (AvgIpc) is 2.93. The lowest BCUT2D eigenvalue weighted by molar-refractivity contribution is 0.843. The van der Waals surface area contributed by atoms with Crippen LogP contribution in [0, 0.1) is 0 Å². The van der Waals surface area contributed by atoms with Crippen molar-refractivity contribution in [3.8, 4) is 5.69 Å². The highest BCUT2D eigenvalue weighted by molar-refractivity contribution is 7.98. The monoisotopic (exact) mass is 262 g/mol. The first kappa shape index (κ1) is 13.0. The van der Waals surface area contributed by atoms with Gasteiger partial charge < -0.3 is 5.32 Å². The van der Waals surface area contributed by atoms with E-state index >= 15 is 0 Å². The molecule has 0 aliphatic rings. The Kier molecular flexibility index (Phi) is 5.08. The molecule has 0 atom stereocenters. The third kappa shape index (κ3) is 3.77. The standard InChI is InChI=1S/C13H18N4S/c1-18-9-3-2-8-15-12-4-6-13(7-5-12)17-11-14-10-16-17/h4-7,10-11,15H,2-3,8-9H2,1H3. The smallest absolute Gasteiger partial charge is 0.138 e. The summed E-state index contributed by atoms with van der Waals surface area (Å²) in [5.74, 6) is 1.24. The lowest BCUT2D eigenvalue weighted by Crippen LogP contribution is -2.02. The Morgan fingerprint density at radius 1 is 1.22 bits per heavy atom. The molecule has 0 spiro atoms. The molecule has 0 radical (unpaired) electrons. The molecule has 0 saturated heterocycles. The summed E-state index contributed by atoms with van der Waals surface area (Å²) < 4.78 is 1.75. The van der Waals surface area contributed by atoms with Crippen LogP contribution in [0.15, 0.2) is 36.9 Å². The van der Waals surface area contributed by atoms with Crippen LogP contribution in [0.25, 0.3) is 5.69 Å². The second-order valence-electron chi connectivity index (χ2n) is 4.01. The predicted molar refractivity (Wildman–Crippen MR) is 77.5 cm³/mol. The molecule has 1 N–H and O–H groups in total. The highest BCUT2D eigenvalue weighted by atomic mass is 32.2. The van der Waals surface area contributed by atoms with Gasteiger partial charge in [0.1, 0.15) is 12.7 Å². The van der Waals surface area contributed by atoms with Gasteiger partial charge in [0.15, 0.2) is 0 Å². The Hall–Kier alpha value is -1.49. The Balaban J connectivity index is 1.81. The highest BCUT2D eigenvalue weighted by Gasteiger charge is 1.97. The van der Waals surface area contributed by atoms with Crippen LogP contribution >= 0.6 is 11.8 Å². The Morgan fingerprint density at radius 2 is 2.06 bits per heavy atom. The third-order valence-corrected chi connectivity index (χ3v) is 3.35. The number of anilines is 1. The Labute approximate surface area is 112 Å². The van der Waals surface area contributed by atoms with Gasteiger partial charge in [-0.3, -0.25) is 0 Å². The molecule has 96 valence electrons. The van der Waals surface area contributed by atoms with Gasteiger partial charge in [-0.25, -0.2) is 9.67 Å². The molecule has 1 aromatic heterocycles. The molecular weight excluding hydrogens is 244 g/mol. The molecule has 5 heteroatoms. The Bertz CT molecular complexity index is 439. The van der Waals surface area contributed by atoms with Gasteiger partial charge in [-0.1, -0.05) is 0 Å². The van der Waals surface area contributed by atoms with E-state index in [0.29, 0.717) is 0 Å². The summed E-state index contributed by atoms with van der Waals surface area (Å²) in [6.45, 7) is 1.03. The molecule has 0 aliphatic carbocycles. The van der Waals surface area contributed by atoms with E-state index in [0.717, 1.165) is 17.9 Å². The second kappa shape index (κ2) is 7.06. The molecule has 1 heterocycles. The van der Waals surface area contributed by atoms with Crippen molar-refractivity contribution < 1.29 is 0 Å². The van der Waals surface area contributed by atoms with Gasteiger partial charge in [0.2, 0.25) is 0 Å². The van der Waals surface area contributed by atoms with E-state index < -0.39 is 0 Å². The van der Waals surface area contributed by atoms with Crippen molar-refractivity contribution in [2.24, 2.45) is 0 Å². The molecule has 0 aliphatic heterocycles. The molecule has 4 nitrogen and oxygen atoms in total. The van der Waals surface area contributed by atoms with Crippen LogP contribution in [-0.4, -0.2) is 33.3 Å². The summed E-state index contributed by atoms with van der Waals surface area (Å²) in [7, 11) is 0. The zero-order chi connectivity index (χ0) is 12.6. The molecule has 0 bridgehead atoms. The quantitative estimate of drug-likeness (QED) is 0.779. The lowest BCUT2D eigenvalue weighted by Gasteiger charge is -2.07. The Morgan fingerprint density at radius 3 is 2.72 bits per heavy atom. The fraction of sp³-hybridized carbons (Fsp3) is 0.385. The number of hydrogen-bond acceptors (Lipinski definition) is 4. The fourth-order valence-electron chi connectivity index (χ4n) is 1.68. The minimum atomic E-state index is 1.03.